The Hall–Kier alpha value is -0.310. The molecule has 0 heterocycles. The maximum Gasteiger partial charge on any atom is 0.344 e. The highest BCUT2D eigenvalue weighted by molar-refractivity contribution is 9.12. The number of carbonyl (C=O) groups is 1. The molecule has 3 heteroatoms. The number of methoxy groups -OCH3 is 1. The van der Waals surface area contributed by atoms with Gasteiger partial charge in [0.1, 0.15) is 4.48 Å². The van der Waals surface area contributed by atoms with E-state index in [2.05, 4.69) is 36.7 Å². The number of carbonyl (C=O) groups excluding carboxylic acids is 1. The molecule has 16 heavy (non-hydrogen) atoms. The summed E-state index contributed by atoms with van der Waals surface area (Å²) in [5.74, 6) is 0.512. The van der Waals surface area contributed by atoms with Crippen molar-refractivity contribution < 1.29 is 9.53 Å². The summed E-state index contributed by atoms with van der Waals surface area (Å²) in [6.07, 6.45) is 4.37. The number of allylic oxidation sites excluding steroid dienone is 1. The maximum atomic E-state index is 11.4. The lowest BCUT2D eigenvalue weighted by atomic mass is 9.71. The maximum absolute atomic E-state index is 11.4. The zero-order valence-corrected chi connectivity index (χ0v) is 12.2. The van der Waals surface area contributed by atoms with Gasteiger partial charge >= 0.3 is 5.97 Å². The summed E-state index contributed by atoms with van der Waals surface area (Å²) in [6.45, 7) is 6.88. The van der Waals surface area contributed by atoms with Crippen molar-refractivity contribution in [1.82, 2.24) is 0 Å². The van der Waals surface area contributed by atoms with E-state index in [-0.39, 0.29) is 5.97 Å². The minimum absolute atomic E-state index is 0.246. The first-order chi connectivity index (χ1) is 7.36. The second kappa shape index (κ2) is 5.35. The predicted molar refractivity (Wildman–Crippen MR) is 69.4 cm³/mol. The molecule has 0 unspecified atom stereocenters. The van der Waals surface area contributed by atoms with Gasteiger partial charge in [0, 0.05) is 0 Å². The van der Waals surface area contributed by atoms with E-state index in [1.807, 2.05) is 0 Å². The van der Waals surface area contributed by atoms with Crippen LogP contribution in [0.15, 0.2) is 10.1 Å². The van der Waals surface area contributed by atoms with Gasteiger partial charge in [0.25, 0.3) is 0 Å². The number of ether oxygens (including phenoxy) is 1. The lowest BCUT2D eigenvalue weighted by Gasteiger charge is -2.35. The van der Waals surface area contributed by atoms with E-state index in [0.29, 0.717) is 9.90 Å². The third-order valence-corrected chi connectivity index (χ3v) is 4.37. The Kier molecular flexibility index (Phi) is 4.60. The fourth-order valence-corrected chi connectivity index (χ4v) is 2.84. The molecule has 2 nitrogen and oxygen atoms in total. The zero-order valence-electron chi connectivity index (χ0n) is 10.6. The highest BCUT2D eigenvalue weighted by Gasteiger charge is 2.29. The van der Waals surface area contributed by atoms with Crippen LogP contribution in [0, 0.1) is 11.3 Å². The Morgan fingerprint density at radius 1 is 1.31 bits per heavy atom. The highest BCUT2D eigenvalue weighted by atomic mass is 79.9. The summed E-state index contributed by atoms with van der Waals surface area (Å²) < 4.78 is 5.36. The van der Waals surface area contributed by atoms with Gasteiger partial charge in [-0.1, -0.05) is 20.8 Å². The number of esters is 1. The number of halogens is 1. The smallest absolute Gasteiger partial charge is 0.344 e. The van der Waals surface area contributed by atoms with E-state index < -0.39 is 0 Å². The van der Waals surface area contributed by atoms with Crippen LogP contribution in [0.2, 0.25) is 0 Å². The van der Waals surface area contributed by atoms with Gasteiger partial charge in [0.15, 0.2) is 0 Å². The Morgan fingerprint density at radius 3 is 2.19 bits per heavy atom. The van der Waals surface area contributed by atoms with E-state index in [4.69, 9.17) is 4.74 Å². The lowest BCUT2D eigenvalue weighted by Crippen LogP contribution is -2.24. The molecule has 0 bridgehead atoms. The van der Waals surface area contributed by atoms with Crippen molar-refractivity contribution in [2.75, 3.05) is 7.11 Å². The molecule has 0 aromatic rings. The van der Waals surface area contributed by atoms with Crippen molar-refractivity contribution >= 4 is 21.9 Å². The molecule has 1 rings (SSSR count). The molecule has 0 amide bonds. The SMILES string of the molecule is COC(=O)C(Br)=C1CCC(C(C)(C)C)CC1. The van der Waals surface area contributed by atoms with Crippen molar-refractivity contribution in [2.45, 2.75) is 46.5 Å². The van der Waals surface area contributed by atoms with Crippen molar-refractivity contribution in [3.05, 3.63) is 10.1 Å². The second-order valence-electron chi connectivity index (χ2n) is 5.55. The Labute approximate surface area is 107 Å². The second-order valence-corrected chi connectivity index (χ2v) is 6.34. The third kappa shape index (κ3) is 3.34. The van der Waals surface area contributed by atoms with Gasteiger partial charge in [0.2, 0.25) is 0 Å². The summed E-state index contributed by atoms with van der Waals surface area (Å²) in [5.41, 5.74) is 1.59. The van der Waals surface area contributed by atoms with E-state index >= 15 is 0 Å². The molecule has 0 saturated heterocycles. The molecular weight excluding hydrogens is 268 g/mol. The quantitative estimate of drug-likeness (QED) is 0.538. The van der Waals surface area contributed by atoms with Gasteiger partial charge in [-0.25, -0.2) is 4.79 Å². The number of hydrogen-bond acceptors (Lipinski definition) is 2. The average molecular weight is 289 g/mol. The van der Waals surface area contributed by atoms with Crippen LogP contribution in [0.3, 0.4) is 0 Å². The number of hydrogen-bond donors (Lipinski definition) is 0. The van der Waals surface area contributed by atoms with E-state index in [1.54, 1.807) is 0 Å². The van der Waals surface area contributed by atoms with Crippen LogP contribution >= 0.6 is 15.9 Å². The monoisotopic (exact) mass is 288 g/mol. The Bertz CT molecular complexity index is 290. The third-order valence-electron chi connectivity index (χ3n) is 3.49. The molecule has 1 fully saturated rings. The Morgan fingerprint density at radius 2 is 1.81 bits per heavy atom. The molecule has 0 N–H and O–H groups in total. The van der Waals surface area contributed by atoms with E-state index in [1.165, 1.54) is 25.5 Å². The van der Waals surface area contributed by atoms with Crippen LogP contribution in [0.4, 0.5) is 0 Å². The molecule has 1 aliphatic rings. The first-order valence-electron chi connectivity index (χ1n) is 5.82. The predicted octanol–water partition coefficient (Wildman–Crippen LogP) is 4.04. The lowest BCUT2D eigenvalue weighted by molar-refractivity contribution is -0.135. The summed E-state index contributed by atoms with van der Waals surface area (Å²) in [6, 6.07) is 0. The van der Waals surface area contributed by atoms with Crippen LogP contribution in [0.25, 0.3) is 0 Å². The van der Waals surface area contributed by atoms with E-state index in [0.717, 1.165) is 18.8 Å². The van der Waals surface area contributed by atoms with Crippen molar-refractivity contribution in [1.29, 1.82) is 0 Å². The van der Waals surface area contributed by atoms with Gasteiger partial charge in [-0.05, 0) is 58.5 Å². The topological polar surface area (TPSA) is 26.3 Å². The zero-order chi connectivity index (χ0) is 12.3. The molecule has 0 atom stereocenters. The minimum Gasteiger partial charge on any atom is -0.465 e. The molecular formula is C13H21BrO2. The van der Waals surface area contributed by atoms with Crippen molar-refractivity contribution in [3.63, 3.8) is 0 Å². The van der Waals surface area contributed by atoms with Crippen LogP contribution in [0.1, 0.15) is 46.5 Å². The van der Waals surface area contributed by atoms with E-state index in [9.17, 15) is 4.79 Å². The molecule has 0 radical (unpaired) electrons. The van der Waals surface area contributed by atoms with Crippen LogP contribution in [-0.4, -0.2) is 13.1 Å². The molecule has 0 aromatic heterocycles. The molecule has 0 aliphatic heterocycles. The van der Waals surface area contributed by atoms with Gasteiger partial charge in [-0.15, -0.1) is 0 Å². The largest absolute Gasteiger partial charge is 0.465 e. The van der Waals surface area contributed by atoms with Crippen LogP contribution < -0.4 is 0 Å². The van der Waals surface area contributed by atoms with Crippen molar-refractivity contribution in [2.24, 2.45) is 11.3 Å². The normalized spacial score (nSPS) is 21.8. The summed E-state index contributed by atoms with van der Waals surface area (Å²) >= 11 is 3.34. The first kappa shape index (κ1) is 13.8. The summed E-state index contributed by atoms with van der Waals surface area (Å²) in [4.78, 5) is 11.4. The Balaban J connectivity index is 2.65. The van der Waals surface area contributed by atoms with Crippen molar-refractivity contribution in [3.8, 4) is 0 Å². The van der Waals surface area contributed by atoms with Crippen LogP contribution in [-0.2, 0) is 9.53 Å². The van der Waals surface area contributed by atoms with Gasteiger partial charge in [0.05, 0.1) is 7.11 Å². The van der Waals surface area contributed by atoms with Gasteiger partial charge in [-0.2, -0.15) is 0 Å². The molecule has 0 spiro atoms. The first-order valence-corrected chi connectivity index (χ1v) is 6.61. The molecule has 1 saturated carbocycles. The fourth-order valence-electron chi connectivity index (χ4n) is 2.29. The fraction of sp³-hybridized carbons (Fsp3) is 0.769. The standard InChI is InChI=1S/C13H21BrO2/c1-13(2,3)10-7-5-9(6-8-10)11(14)12(15)16-4/h10H,5-8H2,1-4H3. The minimum atomic E-state index is -0.246. The highest BCUT2D eigenvalue weighted by Crippen LogP contribution is 2.41. The van der Waals surface area contributed by atoms with Gasteiger partial charge < -0.3 is 4.74 Å². The number of rotatable bonds is 1. The average Bonchev–Trinajstić information content (AvgIpc) is 2.26. The van der Waals surface area contributed by atoms with Crippen LogP contribution in [0.5, 0.6) is 0 Å². The molecule has 92 valence electrons. The molecule has 0 aromatic carbocycles. The summed E-state index contributed by atoms with van der Waals surface area (Å²) in [5, 5.41) is 0. The summed E-state index contributed by atoms with van der Waals surface area (Å²) in [7, 11) is 1.42. The molecule has 1 aliphatic carbocycles. The van der Waals surface area contributed by atoms with Gasteiger partial charge in [-0.3, -0.25) is 0 Å².